The van der Waals surface area contributed by atoms with Gasteiger partial charge in [0.05, 0.1) is 24.3 Å². The SMILES string of the molecule is CN1CCN(Cc2ccoc2)CC1c1cn2c(N3CCCC3)cccc2n1. The quantitative estimate of drug-likeness (QED) is 0.711. The molecular weight excluding hydrogens is 338 g/mol. The number of rotatable bonds is 4. The molecule has 2 saturated heterocycles. The van der Waals surface area contributed by atoms with Gasteiger partial charge in [0, 0.05) is 51.0 Å². The molecule has 6 nitrogen and oxygen atoms in total. The Bertz CT molecular complexity index is 897. The molecule has 0 aliphatic carbocycles. The van der Waals surface area contributed by atoms with Gasteiger partial charge in [0.25, 0.3) is 0 Å². The van der Waals surface area contributed by atoms with Crippen LogP contribution in [0.4, 0.5) is 5.82 Å². The van der Waals surface area contributed by atoms with Crippen LogP contribution in [0.5, 0.6) is 0 Å². The van der Waals surface area contributed by atoms with E-state index in [1.807, 2.05) is 6.26 Å². The molecule has 0 N–H and O–H groups in total. The molecule has 27 heavy (non-hydrogen) atoms. The average Bonchev–Trinajstić information content (AvgIpc) is 3.44. The van der Waals surface area contributed by atoms with Crippen LogP contribution < -0.4 is 4.90 Å². The van der Waals surface area contributed by atoms with Crippen molar-refractivity contribution < 1.29 is 4.42 Å². The van der Waals surface area contributed by atoms with Crippen molar-refractivity contribution in [2.75, 3.05) is 44.7 Å². The van der Waals surface area contributed by atoms with Crippen LogP contribution in [-0.4, -0.2) is 59.0 Å². The first-order valence-electron chi connectivity index (χ1n) is 9.94. The highest BCUT2D eigenvalue weighted by atomic mass is 16.3. The zero-order valence-electron chi connectivity index (χ0n) is 15.9. The fourth-order valence-corrected chi connectivity index (χ4v) is 4.41. The second-order valence-corrected chi connectivity index (χ2v) is 7.84. The van der Waals surface area contributed by atoms with Gasteiger partial charge in [0.1, 0.15) is 11.5 Å². The molecule has 0 bridgehead atoms. The first-order chi connectivity index (χ1) is 13.3. The third-order valence-electron chi connectivity index (χ3n) is 5.98. The third kappa shape index (κ3) is 3.24. The van der Waals surface area contributed by atoms with Crippen molar-refractivity contribution in [2.24, 2.45) is 0 Å². The molecule has 5 heterocycles. The van der Waals surface area contributed by atoms with E-state index in [4.69, 9.17) is 9.40 Å². The van der Waals surface area contributed by atoms with Crippen LogP contribution in [0, 0.1) is 0 Å². The summed E-state index contributed by atoms with van der Waals surface area (Å²) in [6, 6.07) is 8.85. The maximum Gasteiger partial charge on any atom is 0.138 e. The van der Waals surface area contributed by atoms with Gasteiger partial charge in [0.15, 0.2) is 0 Å². The fraction of sp³-hybridized carbons (Fsp3) is 0.476. The van der Waals surface area contributed by atoms with Crippen LogP contribution in [0.25, 0.3) is 5.65 Å². The molecule has 2 aliphatic heterocycles. The highest BCUT2D eigenvalue weighted by Crippen LogP contribution is 2.28. The third-order valence-corrected chi connectivity index (χ3v) is 5.98. The maximum atomic E-state index is 5.23. The summed E-state index contributed by atoms with van der Waals surface area (Å²) in [7, 11) is 2.21. The summed E-state index contributed by atoms with van der Waals surface area (Å²) >= 11 is 0. The van der Waals surface area contributed by atoms with E-state index in [2.05, 4.69) is 56.6 Å². The number of pyridine rings is 1. The number of aromatic nitrogens is 2. The van der Waals surface area contributed by atoms with Crippen LogP contribution in [-0.2, 0) is 6.54 Å². The number of hydrogen-bond donors (Lipinski definition) is 0. The lowest BCUT2D eigenvalue weighted by atomic mass is 10.1. The molecule has 0 radical (unpaired) electrons. The molecule has 0 aromatic carbocycles. The molecule has 0 saturated carbocycles. The maximum absolute atomic E-state index is 5.23. The summed E-state index contributed by atoms with van der Waals surface area (Å²) in [6.07, 6.45) is 8.43. The van der Waals surface area contributed by atoms with Crippen molar-refractivity contribution in [1.82, 2.24) is 19.2 Å². The van der Waals surface area contributed by atoms with Crippen LogP contribution in [0.3, 0.4) is 0 Å². The van der Waals surface area contributed by atoms with E-state index in [1.165, 1.54) is 29.9 Å². The van der Waals surface area contributed by atoms with Gasteiger partial charge in [-0.15, -0.1) is 0 Å². The standard InChI is InChI=1S/C21H27N5O/c1-23-10-11-24(13-17-7-12-27-16-17)15-19(23)18-14-26-20(22-18)5-4-6-21(26)25-8-2-3-9-25/h4-7,12,14,16,19H,2-3,8-11,13,15H2,1H3. The molecule has 3 aromatic heterocycles. The molecule has 6 heteroatoms. The topological polar surface area (TPSA) is 40.2 Å². The summed E-state index contributed by atoms with van der Waals surface area (Å²) in [4.78, 5) is 12.4. The average molecular weight is 365 g/mol. The fourth-order valence-electron chi connectivity index (χ4n) is 4.41. The zero-order valence-corrected chi connectivity index (χ0v) is 15.9. The molecule has 142 valence electrons. The molecule has 1 unspecified atom stereocenters. The number of nitrogens with zero attached hydrogens (tertiary/aromatic N) is 5. The van der Waals surface area contributed by atoms with Crippen molar-refractivity contribution in [3.63, 3.8) is 0 Å². The van der Waals surface area contributed by atoms with Gasteiger partial charge in [-0.05, 0) is 38.1 Å². The zero-order chi connectivity index (χ0) is 18.2. The van der Waals surface area contributed by atoms with Crippen molar-refractivity contribution in [3.05, 3.63) is 54.2 Å². The molecule has 5 rings (SSSR count). The minimum Gasteiger partial charge on any atom is -0.472 e. The minimum absolute atomic E-state index is 0.317. The number of hydrogen-bond acceptors (Lipinski definition) is 5. The predicted octanol–water partition coefficient (Wildman–Crippen LogP) is 3.02. The molecule has 3 aromatic rings. The Hall–Kier alpha value is -2.31. The largest absolute Gasteiger partial charge is 0.472 e. The van der Waals surface area contributed by atoms with Crippen molar-refractivity contribution in [3.8, 4) is 0 Å². The van der Waals surface area contributed by atoms with Gasteiger partial charge in [-0.25, -0.2) is 4.98 Å². The molecule has 0 spiro atoms. The number of piperazine rings is 1. The number of imidazole rings is 1. The lowest BCUT2D eigenvalue weighted by Crippen LogP contribution is -2.46. The second-order valence-electron chi connectivity index (χ2n) is 7.84. The van der Waals surface area contributed by atoms with E-state index in [0.29, 0.717) is 6.04 Å². The van der Waals surface area contributed by atoms with E-state index in [0.717, 1.165) is 44.9 Å². The lowest BCUT2D eigenvalue weighted by Gasteiger charge is -2.38. The second kappa shape index (κ2) is 7.02. The van der Waals surface area contributed by atoms with E-state index in [1.54, 1.807) is 6.26 Å². The minimum atomic E-state index is 0.317. The number of furan rings is 1. The lowest BCUT2D eigenvalue weighted by molar-refractivity contribution is 0.0884. The Kier molecular flexibility index (Phi) is 4.38. The Balaban J connectivity index is 1.42. The van der Waals surface area contributed by atoms with Gasteiger partial charge in [-0.3, -0.25) is 14.2 Å². The highest BCUT2D eigenvalue weighted by Gasteiger charge is 2.28. The Morgan fingerprint density at radius 3 is 2.81 bits per heavy atom. The van der Waals surface area contributed by atoms with Gasteiger partial charge in [0.2, 0.25) is 0 Å². The number of fused-ring (bicyclic) bond motifs is 1. The summed E-state index contributed by atoms with van der Waals surface area (Å²) in [6.45, 7) is 6.35. The Morgan fingerprint density at radius 2 is 2.00 bits per heavy atom. The monoisotopic (exact) mass is 365 g/mol. The first-order valence-corrected chi connectivity index (χ1v) is 9.94. The number of anilines is 1. The van der Waals surface area contributed by atoms with E-state index < -0.39 is 0 Å². The van der Waals surface area contributed by atoms with Crippen LogP contribution in [0.15, 0.2) is 47.4 Å². The summed E-state index contributed by atoms with van der Waals surface area (Å²) in [5.74, 6) is 1.28. The molecule has 1 atom stereocenters. The normalized spacial score (nSPS) is 22.1. The summed E-state index contributed by atoms with van der Waals surface area (Å²) in [5.41, 5.74) is 3.46. The molecule has 2 fully saturated rings. The highest BCUT2D eigenvalue weighted by molar-refractivity contribution is 5.53. The van der Waals surface area contributed by atoms with Crippen LogP contribution >= 0.6 is 0 Å². The van der Waals surface area contributed by atoms with Crippen LogP contribution in [0.1, 0.15) is 30.1 Å². The predicted molar refractivity (Wildman–Crippen MR) is 106 cm³/mol. The first kappa shape index (κ1) is 16.8. The van der Waals surface area contributed by atoms with Gasteiger partial charge < -0.3 is 9.32 Å². The molecule has 2 aliphatic rings. The smallest absolute Gasteiger partial charge is 0.138 e. The molecular formula is C21H27N5O. The van der Waals surface area contributed by atoms with Gasteiger partial charge in [-0.2, -0.15) is 0 Å². The summed E-state index contributed by atoms with van der Waals surface area (Å²) < 4.78 is 7.51. The number of likely N-dealkylation sites (N-methyl/N-ethyl adjacent to an activating group) is 1. The van der Waals surface area contributed by atoms with E-state index >= 15 is 0 Å². The molecule has 0 amide bonds. The van der Waals surface area contributed by atoms with E-state index in [9.17, 15) is 0 Å². The van der Waals surface area contributed by atoms with Gasteiger partial charge >= 0.3 is 0 Å². The Morgan fingerprint density at radius 1 is 1.11 bits per heavy atom. The van der Waals surface area contributed by atoms with Gasteiger partial charge in [-0.1, -0.05) is 6.07 Å². The van der Waals surface area contributed by atoms with Crippen molar-refractivity contribution in [1.29, 1.82) is 0 Å². The Labute approximate surface area is 160 Å². The van der Waals surface area contributed by atoms with E-state index in [-0.39, 0.29) is 0 Å². The van der Waals surface area contributed by atoms with Crippen LogP contribution in [0.2, 0.25) is 0 Å². The van der Waals surface area contributed by atoms with Crippen molar-refractivity contribution >= 4 is 11.5 Å². The summed E-state index contributed by atoms with van der Waals surface area (Å²) in [5, 5.41) is 0. The van der Waals surface area contributed by atoms with Crippen molar-refractivity contribution in [2.45, 2.75) is 25.4 Å².